The van der Waals surface area contributed by atoms with Crippen LogP contribution in [0.5, 0.6) is 0 Å². The van der Waals surface area contributed by atoms with E-state index in [-0.39, 0.29) is 0 Å². The molecule has 1 aliphatic carbocycles. The van der Waals surface area contributed by atoms with Crippen molar-refractivity contribution in [1.82, 2.24) is 5.32 Å². The Balaban J connectivity index is 2.36. The number of rotatable bonds is 0. The van der Waals surface area contributed by atoms with Gasteiger partial charge in [-0.25, -0.2) is 0 Å². The van der Waals surface area contributed by atoms with Crippen LogP contribution in [0.15, 0.2) is 0 Å². The van der Waals surface area contributed by atoms with E-state index in [1.165, 1.54) is 0 Å². The minimum absolute atomic E-state index is 0.468. The van der Waals surface area contributed by atoms with Gasteiger partial charge in [0.15, 0.2) is 11.3 Å². The molecule has 1 saturated heterocycles. The molecule has 82 valence electrons. The van der Waals surface area contributed by atoms with Crippen LogP contribution in [-0.2, 0) is 14.4 Å². The molecular formula is C8H9NO6. The highest BCUT2D eigenvalue weighted by Gasteiger charge is 2.66. The number of ketones is 2. The van der Waals surface area contributed by atoms with Gasteiger partial charge in [-0.2, -0.15) is 0 Å². The van der Waals surface area contributed by atoms with Crippen molar-refractivity contribution >= 4 is 17.5 Å². The number of aliphatic hydroxyl groups excluding tert-OH is 3. The molecule has 2 fully saturated rings. The quantitative estimate of drug-likeness (QED) is 0.245. The minimum Gasteiger partial charge on any atom is -0.390 e. The normalized spacial score (nSPS) is 45.3. The second-order valence-corrected chi connectivity index (χ2v) is 3.73. The zero-order chi connectivity index (χ0) is 11.4. The molecule has 0 aromatic heterocycles. The van der Waals surface area contributed by atoms with Gasteiger partial charge in [0.05, 0.1) is 6.10 Å². The summed E-state index contributed by atoms with van der Waals surface area (Å²) in [4.78, 5) is 33.0. The van der Waals surface area contributed by atoms with E-state index < -0.39 is 47.7 Å². The number of amides is 1. The lowest BCUT2D eigenvalue weighted by Crippen LogP contribution is -2.84. The number of carbonyl (C=O) groups is 3. The predicted octanol–water partition coefficient (Wildman–Crippen LogP) is -3.52. The first-order chi connectivity index (χ1) is 6.91. The van der Waals surface area contributed by atoms with Gasteiger partial charge in [-0.3, -0.25) is 14.4 Å². The molecule has 0 aromatic rings. The summed E-state index contributed by atoms with van der Waals surface area (Å²) in [5.74, 6) is -2.70. The Hall–Kier alpha value is -1.31. The molecule has 2 aliphatic rings. The first-order valence-electron chi connectivity index (χ1n) is 4.35. The second kappa shape index (κ2) is 2.84. The largest absolute Gasteiger partial charge is 0.390 e. The molecule has 0 radical (unpaired) electrons. The number of β-lactam (4-membered cyclic amide) rings is 1. The first-order valence-corrected chi connectivity index (χ1v) is 4.35. The highest BCUT2D eigenvalue weighted by Crippen LogP contribution is 2.33. The molecule has 0 aromatic carbocycles. The monoisotopic (exact) mass is 215 g/mol. The Morgan fingerprint density at radius 3 is 2.27 bits per heavy atom. The molecule has 7 heteroatoms. The van der Waals surface area contributed by atoms with Gasteiger partial charge in [0.2, 0.25) is 0 Å². The molecule has 1 spiro atoms. The summed E-state index contributed by atoms with van der Waals surface area (Å²) in [6.07, 6.45) is -5.50. The van der Waals surface area contributed by atoms with Crippen molar-refractivity contribution in [2.24, 2.45) is 0 Å². The fourth-order valence-corrected chi connectivity index (χ4v) is 1.96. The predicted molar refractivity (Wildman–Crippen MR) is 43.5 cm³/mol. The summed E-state index contributed by atoms with van der Waals surface area (Å²) >= 11 is 0. The average Bonchev–Trinajstić information content (AvgIpc) is 2.20. The van der Waals surface area contributed by atoms with Crippen LogP contribution in [0.4, 0.5) is 0 Å². The van der Waals surface area contributed by atoms with Crippen LogP contribution >= 0.6 is 0 Å². The number of nitrogens with one attached hydrogen (secondary N) is 1. The molecule has 4 atom stereocenters. The Bertz CT molecular complexity index is 366. The lowest BCUT2D eigenvalue weighted by atomic mass is 9.67. The van der Waals surface area contributed by atoms with Crippen LogP contribution in [-0.4, -0.2) is 56.6 Å². The SMILES string of the molecule is O=C1NC2(C1=O)C(O)CC(=O)C(O)C2O. The van der Waals surface area contributed by atoms with Crippen molar-refractivity contribution in [3.8, 4) is 0 Å². The zero-order valence-electron chi connectivity index (χ0n) is 7.51. The van der Waals surface area contributed by atoms with Crippen LogP contribution in [0.2, 0.25) is 0 Å². The van der Waals surface area contributed by atoms with Crippen molar-refractivity contribution in [2.75, 3.05) is 0 Å². The Morgan fingerprint density at radius 2 is 1.80 bits per heavy atom. The number of Topliss-reactive ketones (excluding diaryl/α,β-unsaturated/α-hetero) is 2. The number of hydrogen-bond donors (Lipinski definition) is 4. The van der Waals surface area contributed by atoms with Crippen molar-refractivity contribution in [1.29, 1.82) is 0 Å². The lowest BCUT2D eigenvalue weighted by molar-refractivity contribution is -0.182. The van der Waals surface area contributed by atoms with E-state index in [4.69, 9.17) is 0 Å². The Morgan fingerprint density at radius 1 is 1.20 bits per heavy atom. The summed E-state index contributed by atoms with van der Waals surface area (Å²) in [6, 6.07) is 0. The maximum atomic E-state index is 11.3. The molecule has 4 N–H and O–H groups in total. The maximum Gasteiger partial charge on any atom is 0.291 e. The van der Waals surface area contributed by atoms with E-state index in [1.54, 1.807) is 0 Å². The van der Waals surface area contributed by atoms with Gasteiger partial charge >= 0.3 is 0 Å². The fraction of sp³-hybridized carbons (Fsp3) is 0.625. The maximum absolute atomic E-state index is 11.3. The van der Waals surface area contributed by atoms with Crippen molar-refractivity contribution < 1.29 is 29.7 Å². The van der Waals surface area contributed by atoms with Gasteiger partial charge in [0.25, 0.3) is 11.7 Å². The third kappa shape index (κ3) is 1.02. The molecule has 1 aliphatic heterocycles. The average molecular weight is 215 g/mol. The van der Waals surface area contributed by atoms with Crippen LogP contribution in [0.1, 0.15) is 6.42 Å². The Kier molecular flexibility index (Phi) is 1.94. The highest BCUT2D eigenvalue weighted by molar-refractivity contribution is 6.47. The molecule has 1 saturated carbocycles. The van der Waals surface area contributed by atoms with E-state index in [0.29, 0.717) is 0 Å². The lowest BCUT2D eigenvalue weighted by Gasteiger charge is -2.49. The molecule has 1 heterocycles. The fourth-order valence-electron chi connectivity index (χ4n) is 1.96. The smallest absolute Gasteiger partial charge is 0.291 e. The number of carbonyl (C=O) groups excluding carboxylic acids is 3. The van der Waals surface area contributed by atoms with Gasteiger partial charge in [0.1, 0.15) is 12.2 Å². The van der Waals surface area contributed by atoms with E-state index in [0.717, 1.165) is 0 Å². The van der Waals surface area contributed by atoms with E-state index >= 15 is 0 Å². The summed E-state index contributed by atoms with van der Waals surface area (Å²) in [7, 11) is 0. The van der Waals surface area contributed by atoms with Crippen LogP contribution in [0.3, 0.4) is 0 Å². The molecule has 2 rings (SSSR count). The molecule has 7 nitrogen and oxygen atoms in total. The van der Waals surface area contributed by atoms with Crippen LogP contribution < -0.4 is 5.32 Å². The van der Waals surface area contributed by atoms with Crippen LogP contribution in [0, 0.1) is 0 Å². The third-order valence-electron chi connectivity index (χ3n) is 2.92. The second-order valence-electron chi connectivity index (χ2n) is 3.73. The van der Waals surface area contributed by atoms with Gasteiger partial charge in [-0.05, 0) is 0 Å². The van der Waals surface area contributed by atoms with Gasteiger partial charge in [0, 0.05) is 6.42 Å². The van der Waals surface area contributed by atoms with Crippen LogP contribution in [0.25, 0.3) is 0 Å². The third-order valence-corrected chi connectivity index (χ3v) is 2.92. The summed E-state index contributed by atoms with van der Waals surface area (Å²) in [5.41, 5.74) is -1.90. The summed E-state index contributed by atoms with van der Waals surface area (Å²) < 4.78 is 0. The van der Waals surface area contributed by atoms with Gasteiger partial charge in [-0.1, -0.05) is 0 Å². The molecular weight excluding hydrogens is 206 g/mol. The first kappa shape index (κ1) is 10.2. The molecule has 1 amide bonds. The Labute approximate surface area is 83.7 Å². The van der Waals surface area contributed by atoms with Gasteiger partial charge in [-0.15, -0.1) is 0 Å². The molecule has 15 heavy (non-hydrogen) atoms. The molecule has 0 bridgehead atoms. The van der Waals surface area contributed by atoms with Crippen molar-refractivity contribution in [3.63, 3.8) is 0 Å². The standard InChI is InChI=1S/C8H9NO6/c10-2-1-3(11)8(5(13)4(2)12)6(14)7(15)9-8/h3-5,11-13H,1H2,(H,9,15). The highest BCUT2D eigenvalue weighted by atomic mass is 16.3. The zero-order valence-corrected chi connectivity index (χ0v) is 7.51. The van der Waals surface area contributed by atoms with E-state index in [1.807, 2.05) is 0 Å². The summed E-state index contributed by atoms with van der Waals surface area (Å²) in [6.45, 7) is 0. The molecule has 4 unspecified atom stereocenters. The van der Waals surface area contributed by atoms with Crippen molar-refractivity contribution in [3.05, 3.63) is 0 Å². The van der Waals surface area contributed by atoms with E-state index in [2.05, 4.69) is 5.32 Å². The number of aliphatic hydroxyl groups is 3. The minimum atomic E-state index is -1.90. The summed E-state index contributed by atoms with van der Waals surface area (Å²) in [5, 5.41) is 30.3. The topological polar surface area (TPSA) is 124 Å². The van der Waals surface area contributed by atoms with Crippen molar-refractivity contribution in [2.45, 2.75) is 30.3 Å². The number of hydrogen-bond acceptors (Lipinski definition) is 6. The van der Waals surface area contributed by atoms with E-state index in [9.17, 15) is 29.7 Å². The van der Waals surface area contributed by atoms with Gasteiger partial charge < -0.3 is 20.6 Å².